The van der Waals surface area contributed by atoms with Crippen LogP contribution in [0.4, 0.5) is 11.4 Å². The van der Waals surface area contributed by atoms with Gasteiger partial charge in [0.1, 0.15) is 11.0 Å². The van der Waals surface area contributed by atoms with E-state index in [9.17, 15) is 0 Å². The van der Waals surface area contributed by atoms with Gasteiger partial charge in [-0.15, -0.1) is 0 Å². The Balaban J connectivity index is 1.08. The molecule has 0 amide bonds. The molecular weight excluding hydrogens is 735 g/mol. The number of benzene rings is 8. The summed E-state index contributed by atoms with van der Waals surface area (Å²) in [6.45, 7) is 0. The van der Waals surface area contributed by atoms with E-state index in [-0.39, 0.29) is 12.0 Å². The monoisotopic (exact) mass is 769 g/mol. The van der Waals surface area contributed by atoms with E-state index < -0.39 is 5.41 Å². The van der Waals surface area contributed by atoms with Gasteiger partial charge in [0.25, 0.3) is 0 Å². The number of aromatic nitrogens is 2. The van der Waals surface area contributed by atoms with Gasteiger partial charge in [-0.3, -0.25) is 0 Å². The Kier molecular flexibility index (Phi) is 6.99. The van der Waals surface area contributed by atoms with Crippen molar-refractivity contribution in [3.8, 4) is 45.2 Å². The molecule has 0 bridgehead atoms. The fourth-order valence-electron chi connectivity index (χ4n) is 10.4. The fourth-order valence-corrected chi connectivity index (χ4v) is 10.4. The molecule has 0 fully saturated rings. The molecule has 1 spiro atoms. The zero-order valence-corrected chi connectivity index (χ0v) is 32.4. The third-order valence-electron chi connectivity index (χ3n) is 12.9. The first kappa shape index (κ1) is 33.2. The number of rotatable bonds is 4. The number of oxazole rings is 2. The Morgan fingerprint density at radius 2 is 1.05 bits per heavy atom. The van der Waals surface area contributed by atoms with Gasteiger partial charge in [-0.25, -0.2) is 9.97 Å². The summed E-state index contributed by atoms with van der Waals surface area (Å²) in [6.07, 6.45) is 9.32. The molecule has 3 atom stereocenters. The SMILES string of the molecule is C1=CC2C(C=C1)C1(c3cc(-c4cc(-c5nc6ccccc6o5)cc(-c5nc6ccccc6o5)c4)ccc3-c3cc4ccccc4cc31)c1ccccc1N2c1ccccc1. The molecule has 10 aromatic rings. The van der Waals surface area contributed by atoms with Crippen LogP contribution in [0.2, 0.25) is 0 Å². The maximum absolute atomic E-state index is 6.40. The Bertz CT molecular complexity index is 3270. The van der Waals surface area contributed by atoms with E-state index in [2.05, 4.69) is 157 Å². The van der Waals surface area contributed by atoms with Gasteiger partial charge in [0.15, 0.2) is 11.2 Å². The van der Waals surface area contributed by atoms with Crippen LogP contribution >= 0.6 is 0 Å². The van der Waals surface area contributed by atoms with Gasteiger partial charge in [-0.05, 0) is 129 Å². The lowest BCUT2D eigenvalue weighted by Crippen LogP contribution is -2.52. The molecule has 3 aliphatic rings. The summed E-state index contributed by atoms with van der Waals surface area (Å²) in [6, 6.07) is 63.0. The highest BCUT2D eigenvalue weighted by Gasteiger charge is 2.57. The highest BCUT2D eigenvalue weighted by atomic mass is 16.4. The number of hydrogen-bond acceptors (Lipinski definition) is 5. The summed E-state index contributed by atoms with van der Waals surface area (Å²) in [5.41, 5.74) is 15.3. The van der Waals surface area contributed by atoms with Crippen LogP contribution in [-0.2, 0) is 5.41 Å². The molecular formula is C55H35N3O2. The molecule has 0 saturated heterocycles. The number of anilines is 2. The normalized spacial score (nSPS) is 18.6. The summed E-state index contributed by atoms with van der Waals surface area (Å²) in [5, 5.41) is 2.48. The maximum Gasteiger partial charge on any atom is 0.227 e. The minimum absolute atomic E-state index is 0.0643. The van der Waals surface area contributed by atoms with Gasteiger partial charge in [0.2, 0.25) is 11.8 Å². The number of allylic oxidation sites excluding steroid dienone is 2. The van der Waals surface area contributed by atoms with Gasteiger partial charge in [-0.2, -0.15) is 0 Å². The molecule has 8 aromatic carbocycles. The zero-order chi connectivity index (χ0) is 39.4. The Morgan fingerprint density at radius 3 is 1.78 bits per heavy atom. The number of hydrogen-bond donors (Lipinski definition) is 0. The van der Waals surface area contributed by atoms with Crippen LogP contribution in [-0.4, -0.2) is 16.0 Å². The largest absolute Gasteiger partial charge is 0.436 e. The molecule has 0 N–H and O–H groups in total. The highest BCUT2D eigenvalue weighted by Crippen LogP contribution is 2.64. The van der Waals surface area contributed by atoms with E-state index in [1.54, 1.807) is 0 Å². The van der Waals surface area contributed by atoms with Crippen molar-refractivity contribution in [3.63, 3.8) is 0 Å². The summed E-state index contributed by atoms with van der Waals surface area (Å²) in [5.74, 6) is 1.18. The average Bonchev–Trinajstić information content (AvgIpc) is 4.02. The first-order chi connectivity index (χ1) is 29.7. The predicted octanol–water partition coefficient (Wildman–Crippen LogP) is 13.7. The van der Waals surface area contributed by atoms with Crippen molar-refractivity contribution in [1.82, 2.24) is 9.97 Å². The van der Waals surface area contributed by atoms with Gasteiger partial charge in [-0.1, -0.05) is 121 Å². The van der Waals surface area contributed by atoms with Crippen molar-refractivity contribution in [2.45, 2.75) is 11.5 Å². The third-order valence-corrected chi connectivity index (χ3v) is 12.9. The molecule has 0 radical (unpaired) electrons. The summed E-state index contributed by atoms with van der Waals surface area (Å²) in [4.78, 5) is 12.4. The van der Waals surface area contributed by atoms with E-state index in [1.807, 2.05) is 48.5 Å². The number of fused-ring (bicyclic) bond motifs is 12. The van der Waals surface area contributed by atoms with Crippen LogP contribution in [0, 0.1) is 5.92 Å². The van der Waals surface area contributed by atoms with E-state index >= 15 is 0 Å². The van der Waals surface area contributed by atoms with Crippen LogP contribution in [0.3, 0.4) is 0 Å². The first-order valence-corrected chi connectivity index (χ1v) is 20.5. The molecule has 60 heavy (non-hydrogen) atoms. The average molecular weight is 770 g/mol. The Hall–Kier alpha value is -7.76. The molecule has 1 aliphatic heterocycles. The van der Waals surface area contributed by atoms with Crippen molar-refractivity contribution < 1.29 is 8.83 Å². The van der Waals surface area contributed by atoms with E-state index in [0.717, 1.165) is 44.5 Å². The van der Waals surface area contributed by atoms with Gasteiger partial charge < -0.3 is 13.7 Å². The van der Waals surface area contributed by atoms with Gasteiger partial charge in [0.05, 0.1) is 11.5 Å². The van der Waals surface area contributed by atoms with E-state index in [1.165, 1.54) is 50.0 Å². The Labute approximate surface area is 346 Å². The molecule has 2 aromatic heterocycles. The highest BCUT2D eigenvalue weighted by molar-refractivity contribution is 5.97. The zero-order valence-electron chi connectivity index (χ0n) is 32.4. The molecule has 282 valence electrons. The van der Waals surface area contributed by atoms with Crippen LogP contribution in [0.5, 0.6) is 0 Å². The predicted molar refractivity (Wildman–Crippen MR) is 241 cm³/mol. The second-order valence-corrected chi connectivity index (χ2v) is 16.1. The maximum atomic E-state index is 6.40. The molecule has 2 aliphatic carbocycles. The lowest BCUT2D eigenvalue weighted by Gasteiger charge is -2.53. The fraction of sp³-hybridized carbons (Fsp3) is 0.0545. The first-order valence-electron chi connectivity index (χ1n) is 20.5. The summed E-state index contributed by atoms with van der Waals surface area (Å²) in [7, 11) is 0. The summed E-state index contributed by atoms with van der Waals surface area (Å²) >= 11 is 0. The topological polar surface area (TPSA) is 55.3 Å². The molecule has 13 rings (SSSR count). The molecule has 5 nitrogen and oxygen atoms in total. The van der Waals surface area contributed by atoms with Crippen molar-refractivity contribution in [2.24, 2.45) is 5.92 Å². The second-order valence-electron chi connectivity index (χ2n) is 16.1. The van der Waals surface area contributed by atoms with Crippen molar-refractivity contribution in [1.29, 1.82) is 0 Å². The number of para-hydroxylation sites is 6. The third kappa shape index (κ3) is 4.74. The molecule has 3 heterocycles. The lowest BCUT2D eigenvalue weighted by atomic mass is 9.58. The van der Waals surface area contributed by atoms with Crippen molar-refractivity contribution in [3.05, 3.63) is 217 Å². The molecule has 0 saturated carbocycles. The van der Waals surface area contributed by atoms with E-state index in [0.29, 0.717) is 11.8 Å². The summed E-state index contributed by atoms with van der Waals surface area (Å²) < 4.78 is 12.8. The van der Waals surface area contributed by atoms with Gasteiger partial charge >= 0.3 is 0 Å². The van der Waals surface area contributed by atoms with Crippen LogP contribution in [0.1, 0.15) is 16.7 Å². The minimum Gasteiger partial charge on any atom is -0.436 e. The van der Waals surface area contributed by atoms with Gasteiger partial charge in [0, 0.05) is 28.4 Å². The number of nitrogens with zero attached hydrogens (tertiary/aromatic N) is 3. The molecule has 5 heteroatoms. The second kappa shape index (κ2) is 12.6. The smallest absolute Gasteiger partial charge is 0.227 e. The Morgan fingerprint density at radius 1 is 0.450 bits per heavy atom. The minimum atomic E-state index is -0.500. The standard InChI is InChI=1S/C55H35N3O2/c1-2-16-40(17-3-1)58-49-22-10-6-18-43(49)55(44-19-7-11-23-50(44)58)45-33-36(26-27-41(45)42-31-34-14-4-5-15-35(34)32-46(42)55)37-28-38(53-56-47-20-8-12-24-51(47)59-53)30-39(29-37)54-57-48-21-9-13-25-52(48)60-54/h1-33,43,49H. The molecule has 3 unspecified atom stereocenters. The van der Waals surface area contributed by atoms with Crippen LogP contribution in [0.15, 0.2) is 209 Å². The van der Waals surface area contributed by atoms with Crippen molar-refractivity contribution >= 4 is 44.3 Å². The lowest BCUT2D eigenvalue weighted by molar-refractivity contribution is 0.392. The quantitative estimate of drug-likeness (QED) is 0.178. The van der Waals surface area contributed by atoms with Crippen LogP contribution in [0.25, 0.3) is 78.1 Å². The van der Waals surface area contributed by atoms with Crippen molar-refractivity contribution in [2.75, 3.05) is 4.90 Å². The van der Waals surface area contributed by atoms with Crippen LogP contribution < -0.4 is 4.90 Å². The van der Waals surface area contributed by atoms with E-state index in [4.69, 9.17) is 18.8 Å².